The number of carbonyl (C=O) groups is 1. The third kappa shape index (κ3) is 5.24. The van der Waals surface area contributed by atoms with Gasteiger partial charge in [-0.15, -0.1) is 0 Å². The van der Waals surface area contributed by atoms with Crippen LogP contribution in [0.2, 0.25) is 5.02 Å². The SMILES string of the molecule is CC1CC(OC(=O)COc2ccc(Cl)cc2)CC(C)(C)C1. The molecule has 0 saturated heterocycles. The Labute approximate surface area is 131 Å². The van der Waals surface area contributed by atoms with Gasteiger partial charge in [-0.2, -0.15) is 0 Å². The summed E-state index contributed by atoms with van der Waals surface area (Å²) in [4.78, 5) is 11.9. The van der Waals surface area contributed by atoms with Gasteiger partial charge in [0.05, 0.1) is 0 Å². The summed E-state index contributed by atoms with van der Waals surface area (Å²) in [5, 5.41) is 0.642. The van der Waals surface area contributed by atoms with Crippen LogP contribution in [-0.4, -0.2) is 18.7 Å². The predicted molar refractivity (Wildman–Crippen MR) is 83.6 cm³/mol. The Morgan fingerprint density at radius 2 is 1.95 bits per heavy atom. The minimum atomic E-state index is -0.306. The summed E-state index contributed by atoms with van der Waals surface area (Å²) in [7, 11) is 0. The van der Waals surface area contributed by atoms with E-state index in [1.807, 2.05) is 0 Å². The van der Waals surface area contributed by atoms with Crippen LogP contribution in [0.3, 0.4) is 0 Å². The minimum absolute atomic E-state index is 0.00469. The van der Waals surface area contributed by atoms with Crippen molar-refractivity contribution in [3.05, 3.63) is 29.3 Å². The second kappa shape index (κ2) is 6.69. The van der Waals surface area contributed by atoms with E-state index in [4.69, 9.17) is 21.1 Å². The zero-order valence-corrected chi connectivity index (χ0v) is 13.7. The lowest BCUT2D eigenvalue weighted by Gasteiger charge is -2.38. The lowest BCUT2D eigenvalue weighted by atomic mass is 9.71. The van der Waals surface area contributed by atoms with E-state index in [9.17, 15) is 4.79 Å². The fourth-order valence-electron chi connectivity index (χ4n) is 3.24. The highest BCUT2D eigenvalue weighted by Gasteiger charge is 2.33. The van der Waals surface area contributed by atoms with Crippen LogP contribution in [0, 0.1) is 11.3 Å². The van der Waals surface area contributed by atoms with Gasteiger partial charge in [0.1, 0.15) is 11.9 Å². The van der Waals surface area contributed by atoms with E-state index in [2.05, 4.69) is 20.8 Å². The Kier molecular flexibility index (Phi) is 5.15. The molecule has 1 fully saturated rings. The molecule has 1 aliphatic rings. The highest BCUT2D eigenvalue weighted by atomic mass is 35.5. The zero-order chi connectivity index (χ0) is 15.5. The number of ether oxygens (including phenoxy) is 2. The number of halogens is 1. The van der Waals surface area contributed by atoms with Gasteiger partial charge in [-0.1, -0.05) is 32.4 Å². The summed E-state index contributed by atoms with van der Waals surface area (Å²) in [6, 6.07) is 6.93. The molecule has 0 aromatic heterocycles. The minimum Gasteiger partial charge on any atom is -0.482 e. The van der Waals surface area contributed by atoms with Gasteiger partial charge in [0, 0.05) is 5.02 Å². The first-order chi connectivity index (χ1) is 9.84. The van der Waals surface area contributed by atoms with Crippen LogP contribution in [0.4, 0.5) is 0 Å². The van der Waals surface area contributed by atoms with Crippen molar-refractivity contribution in [3.8, 4) is 5.75 Å². The Morgan fingerprint density at radius 1 is 1.29 bits per heavy atom. The van der Waals surface area contributed by atoms with E-state index < -0.39 is 0 Å². The molecule has 2 rings (SSSR count). The zero-order valence-electron chi connectivity index (χ0n) is 12.9. The molecular weight excluding hydrogens is 288 g/mol. The molecule has 0 aliphatic heterocycles. The molecule has 3 nitrogen and oxygen atoms in total. The summed E-state index contributed by atoms with van der Waals surface area (Å²) < 4.78 is 11.0. The van der Waals surface area contributed by atoms with Gasteiger partial charge in [0.2, 0.25) is 0 Å². The van der Waals surface area contributed by atoms with Crippen molar-refractivity contribution in [2.24, 2.45) is 11.3 Å². The predicted octanol–water partition coefficient (Wildman–Crippen LogP) is 4.48. The average Bonchev–Trinajstić information content (AvgIpc) is 2.35. The lowest BCUT2D eigenvalue weighted by Crippen LogP contribution is -2.35. The maximum Gasteiger partial charge on any atom is 0.344 e. The first-order valence-electron chi connectivity index (χ1n) is 7.42. The van der Waals surface area contributed by atoms with Crippen molar-refractivity contribution in [3.63, 3.8) is 0 Å². The van der Waals surface area contributed by atoms with E-state index >= 15 is 0 Å². The van der Waals surface area contributed by atoms with Crippen LogP contribution >= 0.6 is 11.6 Å². The molecule has 0 N–H and O–H groups in total. The van der Waals surface area contributed by atoms with Crippen LogP contribution in [0.1, 0.15) is 40.0 Å². The number of benzene rings is 1. The molecule has 2 unspecified atom stereocenters. The molecule has 0 heterocycles. The van der Waals surface area contributed by atoms with Gasteiger partial charge in [-0.05, 0) is 54.9 Å². The molecule has 0 amide bonds. The Bertz CT molecular complexity index is 481. The van der Waals surface area contributed by atoms with Gasteiger partial charge in [0.25, 0.3) is 0 Å². The normalized spacial score (nSPS) is 24.4. The van der Waals surface area contributed by atoms with E-state index in [1.165, 1.54) is 6.42 Å². The van der Waals surface area contributed by atoms with Crippen molar-refractivity contribution in [2.45, 2.75) is 46.1 Å². The van der Waals surface area contributed by atoms with E-state index in [0.29, 0.717) is 16.7 Å². The van der Waals surface area contributed by atoms with Crippen molar-refractivity contribution >= 4 is 17.6 Å². The van der Waals surface area contributed by atoms with Crippen molar-refractivity contribution in [1.29, 1.82) is 0 Å². The fraction of sp³-hybridized carbons (Fsp3) is 0.588. The molecular formula is C17H23ClO3. The van der Waals surface area contributed by atoms with Crippen LogP contribution in [0.5, 0.6) is 5.75 Å². The van der Waals surface area contributed by atoms with Crippen molar-refractivity contribution < 1.29 is 14.3 Å². The van der Waals surface area contributed by atoms with E-state index in [1.54, 1.807) is 24.3 Å². The van der Waals surface area contributed by atoms with Gasteiger partial charge >= 0.3 is 5.97 Å². The third-order valence-corrected chi connectivity index (χ3v) is 4.07. The average molecular weight is 311 g/mol. The van der Waals surface area contributed by atoms with Crippen LogP contribution in [0.15, 0.2) is 24.3 Å². The first kappa shape index (κ1) is 16.2. The molecule has 4 heteroatoms. The molecule has 1 aliphatic carbocycles. The number of rotatable bonds is 4. The van der Waals surface area contributed by atoms with Crippen molar-refractivity contribution in [2.75, 3.05) is 6.61 Å². The molecule has 116 valence electrons. The Morgan fingerprint density at radius 3 is 2.57 bits per heavy atom. The Balaban J connectivity index is 1.80. The fourth-order valence-corrected chi connectivity index (χ4v) is 3.37. The Hall–Kier alpha value is -1.22. The molecule has 21 heavy (non-hydrogen) atoms. The molecule has 0 bridgehead atoms. The molecule has 1 aromatic rings. The maximum atomic E-state index is 11.9. The molecule has 1 saturated carbocycles. The monoisotopic (exact) mass is 310 g/mol. The molecule has 2 atom stereocenters. The summed E-state index contributed by atoms with van der Waals surface area (Å²) in [5.74, 6) is 0.900. The van der Waals surface area contributed by atoms with Crippen LogP contribution in [0.25, 0.3) is 0 Å². The lowest BCUT2D eigenvalue weighted by molar-refractivity contribution is -0.155. The standard InChI is InChI=1S/C17H23ClO3/c1-12-8-15(10-17(2,3)9-12)21-16(19)11-20-14-6-4-13(18)5-7-14/h4-7,12,15H,8-11H2,1-3H3. The highest BCUT2D eigenvalue weighted by molar-refractivity contribution is 6.30. The third-order valence-electron chi connectivity index (χ3n) is 3.82. The first-order valence-corrected chi connectivity index (χ1v) is 7.80. The summed E-state index contributed by atoms with van der Waals surface area (Å²) in [6.45, 7) is 6.61. The van der Waals surface area contributed by atoms with E-state index in [0.717, 1.165) is 12.8 Å². The largest absolute Gasteiger partial charge is 0.482 e. The number of esters is 1. The second-order valence-corrected chi connectivity index (χ2v) is 7.20. The second-order valence-electron chi connectivity index (χ2n) is 6.77. The summed E-state index contributed by atoms with van der Waals surface area (Å²) in [5.41, 5.74) is 0.236. The van der Waals surface area contributed by atoms with Gasteiger partial charge in [-0.3, -0.25) is 0 Å². The summed E-state index contributed by atoms with van der Waals surface area (Å²) >= 11 is 5.80. The highest BCUT2D eigenvalue weighted by Crippen LogP contribution is 2.39. The number of hydrogen-bond acceptors (Lipinski definition) is 3. The van der Waals surface area contributed by atoms with Gasteiger partial charge in [0.15, 0.2) is 6.61 Å². The quantitative estimate of drug-likeness (QED) is 0.769. The molecule has 0 radical (unpaired) electrons. The summed E-state index contributed by atoms with van der Waals surface area (Å²) in [6.07, 6.45) is 3.05. The van der Waals surface area contributed by atoms with Crippen LogP contribution in [-0.2, 0) is 9.53 Å². The number of hydrogen-bond donors (Lipinski definition) is 0. The number of carbonyl (C=O) groups excluding carboxylic acids is 1. The van der Waals surface area contributed by atoms with Crippen LogP contribution < -0.4 is 4.74 Å². The maximum absolute atomic E-state index is 11.9. The topological polar surface area (TPSA) is 35.5 Å². The van der Waals surface area contributed by atoms with E-state index in [-0.39, 0.29) is 24.1 Å². The van der Waals surface area contributed by atoms with Gasteiger partial charge < -0.3 is 9.47 Å². The van der Waals surface area contributed by atoms with Crippen molar-refractivity contribution in [1.82, 2.24) is 0 Å². The molecule has 0 spiro atoms. The molecule has 1 aromatic carbocycles. The van der Waals surface area contributed by atoms with Gasteiger partial charge in [-0.25, -0.2) is 4.79 Å². The smallest absolute Gasteiger partial charge is 0.344 e.